The third-order valence-electron chi connectivity index (χ3n) is 5.81. The lowest BCUT2D eigenvalue weighted by molar-refractivity contribution is -0.140. The molecule has 1 aliphatic heterocycles. The Morgan fingerprint density at radius 1 is 1.00 bits per heavy atom. The fourth-order valence-electron chi connectivity index (χ4n) is 3.65. The van der Waals surface area contributed by atoms with Gasteiger partial charge in [-0.1, -0.05) is 36.4 Å². The molecule has 36 heavy (non-hydrogen) atoms. The predicted molar refractivity (Wildman–Crippen MR) is 127 cm³/mol. The minimum Gasteiger partial charge on any atom is -0.344 e. The Bertz CT molecular complexity index is 1060. The summed E-state index contributed by atoms with van der Waals surface area (Å²) < 4.78 is 26.7. The van der Waals surface area contributed by atoms with Crippen molar-refractivity contribution in [3.05, 3.63) is 66.0 Å². The number of halogens is 2. The summed E-state index contributed by atoms with van der Waals surface area (Å²) in [6.45, 7) is 1.20. The highest BCUT2D eigenvalue weighted by molar-refractivity contribution is 6.38. The third-order valence-corrected chi connectivity index (χ3v) is 5.81. The van der Waals surface area contributed by atoms with Gasteiger partial charge in [-0.15, -0.1) is 0 Å². The molecule has 1 fully saturated rings. The molecular formula is C25H29F2N5O4. The van der Waals surface area contributed by atoms with E-state index in [4.69, 9.17) is 0 Å². The molecule has 2 aromatic rings. The van der Waals surface area contributed by atoms with Crippen LogP contribution < -0.4 is 16.0 Å². The van der Waals surface area contributed by atoms with Crippen LogP contribution in [0.15, 0.2) is 54.7 Å². The summed E-state index contributed by atoms with van der Waals surface area (Å²) in [7, 11) is 0. The van der Waals surface area contributed by atoms with Crippen LogP contribution in [0.4, 0.5) is 13.6 Å². The van der Waals surface area contributed by atoms with E-state index in [1.807, 2.05) is 0 Å². The second-order valence-electron chi connectivity index (χ2n) is 8.63. The Kier molecular flexibility index (Phi) is 9.04. The van der Waals surface area contributed by atoms with E-state index in [9.17, 15) is 28.0 Å². The van der Waals surface area contributed by atoms with Gasteiger partial charge in [0.05, 0.1) is 12.2 Å². The quantitative estimate of drug-likeness (QED) is 0.453. The van der Waals surface area contributed by atoms with Crippen LogP contribution in [0.2, 0.25) is 0 Å². The number of carbonyl (C=O) groups excluding carboxylic acids is 4. The number of hydrogen-bond donors (Lipinski definition) is 3. The average molecular weight is 502 g/mol. The van der Waals surface area contributed by atoms with E-state index in [1.54, 1.807) is 54.7 Å². The van der Waals surface area contributed by atoms with Gasteiger partial charge < -0.3 is 20.9 Å². The predicted octanol–water partition coefficient (Wildman–Crippen LogP) is 1.82. The van der Waals surface area contributed by atoms with Gasteiger partial charge in [0.25, 0.3) is 11.8 Å². The molecule has 4 amide bonds. The number of benzene rings is 1. The van der Waals surface area contributed by atoms with Gasteiger partial charge in [-0.3, -0.25) is 19.4 Å². The van der Waals surface area contributed by atoms with Crippen LogP contribution in [-0.4, -0.2) is 64.6 Å². The highest BCUT2D eigenvalue weighted by Gasteiger charge is 2.36. The average Bonchev–Trinajstić information content (AvgIpc) is 2.87. The largest absolute Gasteiger partial charge is 0.344 e. The minimum atomic E-state index is -2.80. The van der Waals surface area contributed by atoms with E-state index >= 15 is 0 Å². The lowest BCUT2D eigenvalue weighted by atomic mass is 10.0. The number of amides is 4. The van der Waals surface area contributed by atoms with Gasteiger partial charge in [0, 0.05) is 38.5 Å². The summed E-state index contributed by atoms with van der Waals surface area (Å²) in [6.07, 6.45) is 0.738. The van der Waals surface area contributed by atoms with Gasteiger partial charge in [0.15, 0.2) is 0 Å². The first-order chi connectivity index (χ1) is 17.1. The van der Waals surface area contributed by atoms with Crippen molar-refractivity contribution >= 4 is 23.6 Å². The molecule has 192 valence electrons. The number of alkyl halides is 2. The summed E-state index contributed by atoms with van der Waals surface area (Å²) in [5.74, 6) is -5.22. The van der Waals surface area contributed by atoms with E-state index in [1.165, 1.54) is 11.8 Å². The molecule has 3 rings (SSSR count). The molecule has 3 N–H and O–H groups in total. The minimum absolute atomic E-state index is 0.0404. The number of hydrogen-bond acceptors (Lipinski definition) is 5. The van der Waals surface area contributed by atoms with E-state index < -0.39 is 54.5 Å². The highest BCUT2D eigenvalue weighted by atomic mass is 19.3. The zero-order valence-electron chi connectivity index (χ0n) is 19.9. The second-order valence-corrected chi connectivity index (χ2v) is 8.63. The molecule has 1 aromatic heterocycles. The molecule has 9 nitrogen and oxygen atoms in total. The Labute approximate surface area is 207 Å². The van der Waals surface area contributed by atoms with Crippen LogP contribution in [-0.2, 0) is 27.3 Å². The summed E-state index contributed by atoms with van der Waals surface area (Å²) in [4.78, 5) is 56.0. The van der Waals surface area contributed by atoms with Gasteiger partial charge in [-0.05, 0) is 24.6 Å². The topological polar surface area (TPSA) is 121 Å². The summed E-state index contributed by atoms with van der Waals surface area (Å²) in [6, 6.07) is 11.1. The van der Waals surface area contributed by atoms with Gasteiger partial charge >= 0.3 is 6.03 Å². The highest BCUT2D eigenvalue weighted by Crippen LogP contribution is 2.27. The fourth-order valence-corrected chi connectivity index (χ4v) is 3.65. The summed E-state index contributed by atoms with van der Waals surface area (Å²) in [5, 5.41) is 7.53. The monoisotopic (exact) mass is 501 g/mol. The normalized spacial score (nSPS) is 16.4. The third kappa shape index (κ3) is 7.82. The Hall–Kier alpha value is -3.89. The van der Waals surface area contributed by atoms with E-state index in [0.717, 1.165) is 5.56 Å². The van der Waals surface area contributed by atoms with Crippen molar-refractivity contribution in [3.8, 4) is 0 Å². The number of urea groups is 1. The fraction of sp³-hybridized carbons (Fsp3) is 0.400. The molecule has 0 aliphatic carbocycles. The lowest BCUT2D eigenvalue weighted by Gasteiger charge is -2.32. The molecular weight excluding hydrogens is 472 g/mol. The Morgan fingerprint density at radius 3 is 2.31 bits per heavy atom. The van der Waals surface area contributed by atoms with Crippen molar-refractivity contribution in [2.75, 3.05) is 13.1 Å². The lowest BCUT2D eigenvalue weighted by Crippen LogP contribution is -2.56. The molecule has 1 aromatic carbocycles. The number of nitrogens with one attached hydrogen (secondary N) is 3. The number of aromatic nitrogens is 1. The molecule has 0 saturated carbocycles. The number of likely N-dealkylation sites (tertiary alicyclic amines) is 1. The number of rotatable bonds is 9. The number of Topliss-reactive ketones (excluding diaryl/α,β-unsaturated/α-hetero) is 1. The maximum atomic E-state index is 13.4. The number of ketones is 1. The number of pyridine rings is 1. The van der Waals surface area contributed by atoms with Crippen molar-refractivity contribution in [3.63, 3.8) is 0 Å². The van der Waals surface area contributed by atoms with Crippen molar-refractivity contribution < 1.29 is 28.0 Å². The van der Waals surface area contributed by atoms with Crippen LogP contribution >= 0.6 is 0 Å². The SMILES string of the molecule is CC(NC(=O)N1CCC(F)(F)CC1)C(=O)NC(Cc1ccccc1)C(=O)C(=O)NCc1ccccn1. The maximum Gasteiger partial charge on any atom is 0.318 e. The zero-order chi connectivity index (χ0) is 26.1. The number of nitrogens with zero attached hydrogens (tertiary/aromatic N) is 2. The molecule has 0 spiro atoms. The Balaban J connectivity index is 1.61. The van der Waals surface area contributed by atoms with Crippen LogP contribution in [0, 0.1) is 0 Å². The van der Waals surface area contributed by atoms with Crippen LogP contribution in [0.3, 0.4) is 0 Å². The smallest absolute Gasteiger partial charge is 0.318 e. The van der Waals surface area contributed by atoms with Gasteiger partial charge in [0.2, 0.25) is 11.7 Å². The summed E-state index contributed by atoms with van der Waals surface area (Å²) in [5.41, 5.74) is 1.29. The molecule has 11 heteroatoms. The molecule has 0 radical (unpaired) electrons. The first-order valence-electron chi connectivity index (χ1n) is 11.6. The van der Waals surface area contributed by atoms with Gasteiger partial charge in [-0.2, -0.15) is 0 Å². The Morgan fingerprint density at radius 2 is 1.67 bits per heavy atom. The summed E-state index contributed by atoms with van der Waals surface area (Å²) >= 11 is 0. The maximum absolute atomic E-state index is 13.4. The molecule has 2 heterocycles. The molecule has 2 unspecified atom stereocenters. The van der Waals surface area contributed by atoms with Crippen molar-refractivity contribution in [2.45, 2.75) is 50.7 Å². The zero-order valence-corrected chi connectivity index (χ0v) is 19.9. The van der Waals surface area contributed by atoms with E-state index in [0.29, 0.717) is 5.69 Å². The van der Waals surface area contributed by atoms with E-state index in [-0.39, 0.29) is 26.1 Å². The van der Waals surface area contributed by atoms with E-state index in [2.05, 4.69) is 20.9 Å². The first kappa shape index (κ1) is 26.7. The van der Waals surface area contributed by atoms with Crippen molar-refractivity contribution in [2.24, 2.45) is 0 Å². The van der Waals surface area contributed by atoms with Crippen LogP contribution in [0.25, 0.3) is 0 Å². The van der Waals surface area contributed by atoms with Crippen LogP contribution in [0.5, 0.6) is 0 Å². The molecule has 1 aliphatic rings. The molecule has 1 saturated heterocycles. The van der Waals surface area contributed by atoms with Gasteiger partial charge in [0.1, 0.15) is 12.1 Å². The number of carbonyl (C=O) groups is 4. The van der Waals surface area contributed by atoms with Gasteiger partial charge in [-0.25, -0.2) is 13.6 Å². The molecule has 2 atom stereocenters. The standard InChI is InChI=1S/C25H29F2N5O4/c1-17(30-24(36)32-13-10-25(26,27)11-14-32)22(34)31-20(15-18-7-3-2-4-8-18)21(33)23(35)29-16-19-9-5-6-12-28-19/h2-9,12,17,20H,10-11,13-16H2,1H3,(H,29,35)(H,30,36)(H,31,34). The van der Waals surface area contributed by atoms with Crippen molar-refractivity contribution in [1.29, 1.82) is 0 Å². The molecule has 0 bridgehead atoms. The van der Waals surface area contributed by atoms with Crippen LogP contribution in [0.1, 0.15) is 31.0 Å². The van der Waals surface area contributed by atoms with Crippen molar-refractivity contribution in [1.82, 2.24) is 25.8 Å². The second kappa shape index (κ2) is 12.2. The first-order valence-corrected chi connectivity index (χ1v) is 11.6. The number of piperidine rings is 1.